The number of carbonyl (C=O) groups is 2. The highest BCUT2D eigenvalue weighted by atomic mass is 16.4. The van der Waals surface area contributed by atoms with Crippen molar-refractivity contribution in [3.63, 3.8) is 0 Å². The Balaban J connectivity index is 3.12. The van der Waals surface area contributed by atoms with Crippen LogP contribution in [0.2, 0.25) is 0 Å². The zero-order valence-corrected chi connectivity index (χ0v) is 5.76. The number of aromatic carboxylic acids is 2. The number of hydrogen-bond donors (Lipinski definition) is 2. The van der Waals surface area contributed by atoms with Crippen molar-refractivity contribution in [2.45, 2.75) is 0 Å². The van der Waals surface area contributed by atoms with Gasteiger partial charge in [0, 0.05) is 0 Å². The predicted octanol–water partition coefficient (Wildman–Crippen LogP) is -0.127. The Morgan fingerprint density at radius 2 is 1.92 bits per heavy atom. The van der Waals surface area contributed by atoms with Gasteiger partial charge < -0.3 is 10.2 Å². The third-order valence-corrected chi connectivity index (χ3v) is 1.12. The fraction of sp³-hybridized carbons (Fsp3) is 0. The van der Waals surface area contributed by atoms with Crippen molar-refractivity contribution in [2.24, 2.45) is 0 Å². The second-order valence-electron chi connectivity index (χ2n) is 1.94. The van der Waals surface area contributed by atoms with Gasteiger partial charge in [-0.2, -0.15) is 5.10 Å². The molecule has 0 spiro atoms. The molecule has 1 aromatic heterocycles. The second kappa shape index (κ2) is 2.95. The minimum Gasteiger partial charge on any atom is -0.478 e. The molecule has 6 heteroatoms. The number of hydrogen-bond acceptors (Lipinski definition) is 4. The van der Waals surface area contributed by atoms with Gasteiger partial charge in [-0.15, -0.1) is 5.10 Å². The normalized spacial score (nSPS) is 9.33. The molecule has 0 aliphatic rings. The van der Waals surface area contributed by atoms with E-state index in [4.69, 9.17) is 10.2 Å². The van der Waals surface area contributed by atoms with Crippen LogP contribution in [0.25, 0.3) is 0 Å². The first-order valence-corrected chi connectivity index (χ1v) is 2.90. The molecular formula is C6H4N2O4. The molecule has 0 saturated heterocycles. The van der Waals surface area contributed by atoms with Crippen LogP contribution in [-0.2, 0) is 0 Å². The molecule has 0 bridgehead atoms. The zero-order chi connectivity index (χ0) is 9.14. The minimum atomic E-state index is -1.30. The number of carboxylic acids is 2. The molecule has 0 fully saturated rings. The van der Waals surface area contributed by atoms with Crippen molar-refractivity contribution in [3.05, 3.63) is 23.5 Å². The molecule has 0 aliphatic carbocycles. The van der Waals surface area contributed by atoms with Gasteiger partial charge in [0.2, 0.25) is 0 Å². The lowest BCUT2D eigenvalue weighted by atomic mass is 10.2. The first-order chi connectivity index (χ1) is 5.61. The van der Waals surface area contributed by atoms with Crippen molar-refractivity contribution < 1.29 is 19.8 Å². The van der Waals surface area contributed by atoms with Gasteiger partial charge in [-0.25, -0.2) is 9.59 Å². The van der Waals surface area contributed by atoms with Crippen LogP contribution in [0.3, 0.4) is 0 Å². The molecule has 0 aromatic carbocycles. The summed E-state index contributed by atoms with van der Waals surface area (Å²) >= 11 is 0. The summed E-state index contributed by atoms with van der Waals surface area (Å²) in [5.41, 5.74) is -0.572. The van der Waals surface area contributed by atoms with Crippen LogP contribution in [0.15, 0.2) is 12.3 Å². The summed E-state index contributed by atoms with van der Waals surface area (Å²) in [5, 5.41) is 23.2. The van der Waals surface area contributed by atoms with Crippen LogP contribution < -0.4 is 0 Å². The van der Waals surface area contributed by atoms with Gasteiger partial charge in [0.1, 0.15) is 0 Å². The van der Waals surface area contributed by atoms with Crippen LogP contribution in [0, 0.1) is 0 Å². The van der Waals surface area contributed by atoms with E-state index >= 15 is 0 Å². The van der Waals surface area contributed by atoms with Crippen LogP contribution in [0.1, 0.15) is 20.8 Å². The highest BCUT2D eigenvalue weighted by molar-refractivity contribution is 5.91. The van der Waals surface area contributed by atoms with Crippen LogP contribution in [-0.4, -0.2) is 32.3 Å². The highest BCUT2D eigenvalue weighted by Gasteiger charge is 2.09. The number of rotatable bonds is 2. The van der Waals surface area contributed by atoms with Gasteiger partial charge in [0.15, 0.2) is 5.69 Å². The van der Waals surface area contributed by atoms with Gasteiger partial charge in [0.05, 0.1) is 11.8 Å². The summed E-state index contributed by atoms with van der Waals surface area (Å²) in [6.07, 6.45) is 0.981. The second-order valence-corrected chi connectivity index (χ2v) is 1.94. The molecule has 1 rings (SSSR count). The average molecular weight is 168 g/mol. The Labute approximate surface area is 66.5 Å². The maximum absolute atomic E-state index is 10.3. The number of nitrogens with zero attached hydrogens (tertiary/aromatic N) is 2. The third-order valence-electron chi connectivity index (χ3n) is 1.12. The van der Waals surface area contributed by atoms with Crippen molar-refractivity contribution >= 4 is 11.9 Å². The van der Waals surface area contributed by atoms with E-state index in [1.165, 1.54) is 0 Å². The van der Waals surface area contributed by atoms with Gasteiger partial charge in [-0.1, -0.05) is 0 Å². The van der Waals surface area contributed by atoms with E-state index in [1.807, 2.05) is 0 Å². The summed E-state index contributed by atoms with van der Waals surface area (Å²) in [7, 11) is 0. The van der Waals surface area contributed by atoms with E-state index in [0.717, 1.165) is 12.3 Å². The predicted molar refractivity (Wildman–Crippen MR) is 36.0 cm³/mol. The zero-order valence-electron chi connectivity index (χ0n) is 5.76. The summed E-state index contributed by atoms with van der Waals surface area (Å²) in [6, 6.07) is 0.942. The van der Waals surface area contributed by atoms with Gasteiger partial charge in [-0.05, 0) is 6.07 Å². The monoisotopic (exact) mass is 168 g/mol. The summed E-state index contributed by atoms with van der Waals surface area (Å²) in [5.74, 6) is -2.53. The molecule has 6 nitrogen and oxygen atoms in total. The van der Waals surface area contributed by atoms with Gasteiger partial charge in [-0.3, -0.25) is 0 Å². The Hall–Kier alpha value is -1.98. The quantitative estimate of drug-likeness (QED) is 0.638. The molecule has 2 N–H and O–H groups in total. The van der Waals surface area contributed by atoms with Crippen LogP contribution in [0.4, 0.5) is 0 Å². The van der Waals surface area contributed by atoms with Crippen LogP contribution in [0.5, 0.6) is 0 Å². The molecule has 0 amide bonds. The molecule has 0 radical (unpaired) electrons. The lowest BCUT2D eigenvalue weighted by molar-refractivity contribution is 0.0689. The Kier molecular flexibility index (Phi) is 2.00. The number of carboxylic acid groups (broad SMARTS) is 2. The first-order valence-electron chi connectivity index (χ1n) is 2.90. The van der Waals surface area contributed by atoms with Crippen LogP contribution >= 0.6 is 0 Å². The molecule has 0 atom stereocenters. The largest absolute Gasteiger partial charge is 0.478 e. The fourth-order valence-electron chi connectivity index (χ4n) is 0.588. The summed E-state index contributed by atoms with van der Waals surface area (Å²) in [6.45, 7) is 0. The summed E-state index contributed by atoms with van der Waals surface area (Å²) < 4.78 is 0. The van der Waals surface area contributed by atoms with Gasteiger partial charge >= 0.3 is 11.9 Å². The van der Waals surface area contributed by atoms with E-state index in [1.54, 1.807) is 0 Å². The lowest BCUT2D eigenvalue weighted by Crippen LogP contribution is -2.06. The van der Waals surface area contributed by atoms with E-state index in [-0.39, 0.29) is 11.3 Å². The van der Waals surface area contributed by atoms with E-state index in [9.17, 15) is 9.59 Å². The molecule has 0 saturated carbocycles. The molecule has 12 heavy (non-hydrogen) atoms. The molecule has 1 aromatic rings. The maximum atomic E-state index is 10.3. The lowest BCUT2D eigenvalue weighted by Gasteiger charge is -1.93. The van der Waals surface area contributed by atoms with Crippen molar-refractivity contribution in [2.75, 3.05) is 0 Å². The fourth-order valence-corrected chi connectivity index (χ4v) is 0.588. The third kappa shape index (κ3) is 1.54. The van der Waals surface area contributed by atoms with Crippen molar-refractivity contribution in [3.8, 4) is 0 Å². The average Bonchev–Trinajstić information content (AvgIpc) is 2.04. The topological polar surface area (TPSA) is 100 Å². The van der Waals surface area contributed by atoms with Gasteiger partial charge in [0.25, 0.3) is 0 Å². The molecule has 62 valence electrons. The van der Waals surface area contributed by atoms with E-state index < -0.39 is 11.9 Å². The first kappa shape index (κ1) is 8.12. The highest BCUT2D eigenvalue weighted by Crippen LogP contribution is 1.98. The molecule has 0 aliphatic heterocycles. The summed E-state index contributed by atoms with van der Waals surface area (Å²) in [4.78, 5) is 20.6. The SMILES string of the molecule is O=C(O)c1cnnc(C(=O)O)c1. The Bertz CT molecular complexity index is 307. The Morgan fingerprint density at radius 1 is 1.25 bits per heavy atom. The minimum absolute atomic E-state index is 0.192. The molecule has 0 unspecified atom stereocenters. The number of aromatic nitrogens is 2. The smallest absolute Gasteiger partial charge is 0.356 e. The maximum Gasteiger partial charge on any atom is 0.356 e. The van der Waals surface area contributed by atoms with Crippen molar-refractivity contribution in [1.29, 1.82) is 0 Å². The van der Waals surface area contributed by atoms with Crippen molar-refractivity contribution in [1.82, 2.24) is 10.2 Å². The van der Waals surface area contributed by atoms with E-state index in [2.05, 4.69) is 10.2 Å². The Morgan fingerprint density at radius 3 is 2.42 bits per heavy atom. The standard InChI is InChI=1S/C6H4N2O4/c9-5(10)3-1-4(6(11)12)8-7-2-3/h1-2H,(H,9,10)(H,11,12). The van der Waals surface area contributed by atoms with E-state index in [0.29, 0.717) is 0 Å². The molecule has 1 heterocycles. The molecular weight excluding hydrogens is 164 g/mol.